The van der Waals surface area contributed by atoms with Crippen molar-refractivity contribution in [1.82, 2.24) is 5.32 Å². The maximum atomic E-state index is 10.1. The zero-order valence-corrected chi connectivity index (χ0v) is 5.83. The Balaban J connectivity index is 2.19. The summed E-state index contributed by atoms with van der Waals surface area (Å²) in [6, 6.07) is 0.0197. The van der Waals surface area contributed by atoms with Crippen molar-refractivity contribution < 1.29 is 14.6 Å². The molecule has 1 atom stereocenters. The van der Waals surface area contributed by atoms with Crippen LogP contribution in [0, 0.1) is 5.92 Å². The fourth-order valence-electron chi connectivity index (χ4n) is 0.855. The van der Waals surface area contributed by atoms with Crippen molar-refractivity contribution in [2.75, 3.05) is 13.2 Å². The highest BCUT2D eigenvalue weighted by molar-refractivity contribution is 5.64. The molecule has 10 heavy (non-hydrogen) atoms. The molecule has 0 aromatic heterocycles. The molecule has 0 aliphatic carbocycles. The molecule has 0 radical (unpaired) electrons. The van der Waals surface area contributed by atoms with Crippen molar-refractivity contribution in [2.24, 2.45) is 5.92 Å². The standard InChI is InChI=1S/C6H11NO3/c1-4(7-6(8)9)5-2-10-3-5/h4-5,7H,2-3H2,1H3,(H,8,9). The number of ether oxygens (including phenoxy) is 1. The molecule has 0 saturated carbocycles. The van der Waals surface area contributed by atoms with Gasteiger partial charge in [-0.3, -0.25) is 0 Å². The largest absolute Gasteiger partial charge is 0.465 e. The molecule has 4 heteroatoms. The van der Waals surface area contributed by atoms with Gasteiger partial charge in [0.2, 0.25) is 0 Å². The maximum absolute atomic E-state index is 10.1. The van der Waals surface area contributed by atoms with Gasteiger partial charge in [-0.15, -0.1) is 0 Å². The zero-order chi connectivity index (χ0) is 7.56. The van der Waals surface area contributed by atoms with E-state index >= 15 is 0 Å². The molecule has 2 N–H and O–H groups in total. The molecule has 0 spiro atoms. The molecule has 0 aromatic rings. The summed E-state index contributed by atoms with van der Waals surface area (Å²) in [6.45, 7) is 3.21. The van der Waals surface area contributed by atoms with E-state index in [0.717, 1.165) is 0 Å². The van der Waals surface area contributed by atoms with Crippen LogP contribution in [0.15, 0.2) is 0 Å². The summed E-state index contributed by atoms with van der Waals surface area (Å²) in [5.74, 6) is 0.371. The van der Waals surface area contributed by atoms with Crippen molar-refractivity contribution in [3.63, 3.8) is 0 Å². The predicted molar refractivity (Wildman–Crippen MR) is 34.9 cm³/mol. The average Bonchev–Trinajstić information content (AvgIpc) is 1.55. The summed E-state index contributed by atoms with van der Waals surface area (Å²) in [6.07, 6.45) is -0.959. The first kappa shape index (κ1) is 7.34. The lowest BCUT2D eigenvalue weighted by Crippen LogP contribution is -2.46. The van der Waals surface area contributed by atoms with Gasteiger partial charge in [0, 0.05) is 12.0 Å². The van der Waals surface area contributed by atoms with Crippen molar-refractivity contribution in [1.29, 1.82) is 0 Å². The molecule has 0 bridgehead atoms. The Bertz CT molecular complexity index is 133. The Morgan fingerprint density at radius 2 is 2.40 bits per heavy atom. The van der Waals surface area contributed by atoms with E-state index in [1.165, 1.54) is 0 Å². The highest BCUT2D eigenvalue weighted by atomic mass is 16.5. The highest BCUT2D eigenvalue weighted by Crippen LogP contribution is 2.13. The number of amides is 1. The Kier molecular flexibility index (Phi) is 2.11. The molecule has 1 amide bonds. The molecule has 1 saturated heterocycles. The van der Waals surface area contributed by atoms with E-state index in [1.807, 2.05) is 6.92 Å². The summed E-state index contributed by atoms with van der Waals surface area (Å²) in [5, 5.41) is 10.7. The van der Waals surface area contributed by atoms with Gasteiger partial charge in [0.1, 0.15) is 0 Å². The van der Waals surface area contributed by atoms with Crippen LogP contribution in [0.2, 0.25) is 0 Å². The van der Waals surface area contributed by atoms with Crippen LogP contribution in [0.1, 0.15) is 6.92 Å². The molecular weight excluding hydrogens is 134 g/mol. The molecule has 4 nitrogen and oxygen atoms in total. The van der Waals surface area contributed by atoms with E-state index in [2.05, 4.69) is 5.32 Å². The normalized spacial score (nSPS) is 21.3. The van der Waals surface area contributed by atoms with Gasteiger partial charge in [0.25, 0.3) is 0 Å². The molecule has 0 aromatic carbocycles. The summed E-state index contributed by atoms with van der Waals surface area (Å²) in [7, 11) is 0. The van der Waals surface area contributed by atoms with Gasteiger partial charge in [0.05, 0.1) is 13.2 Å². The second kappa shape index (κ2) is 2.88. The quantitative estimate of drug-likeness (QED) is 0.587. The van der Waals surface area contributed by atoms with Crippen LogP contribution >= 0.6 is 0 Å². The number of hydrogen-bond acceptors (Lipinski definition) is 2. The van der Waals surface area contributed by atoms with E-state index in [1.54, 1.807) is 0 Å². The lowest BCUT2D eigenvalue weighted by molar-refractivity contribution is -0.0454. The van der Waals surface area contributed by atoms with Gasteiger partial charge in [-0.2, -0.15) is 0 Å². The molecule has 1 aliphatic heterocycles. The van der Waals surface area contributed by atoms with Gasteiger partial charge < -0.3 is 15.2 Å². The minimum atomic E-state index is -0.959. The molecule has 1 rings (SSSR count). The summed E-state index contributed by atoms with van der Waals surface area (Å²) < 4.78 is 4.90. The van der Waals surface area contributed by atoms with E-state index in [4.69, 9.17) is 9.84 Å². The third-order valence-electron chi connectivity index (χ3n) is 1.72. The van der Waals surface area contributed by atoms with Gasteiger partial charge in [-0.05, 0) is 6.92 Å². The van der Waals surface area contributed by atoms with Gasteiger partial charge in [-0.1, -0.05) is 0 Å². The Hall–Kier alpha value is -0.770. The summed E-state index contributed by atoms with van der Waals surface area (Å²) in [5.41, 5.74) is 0. The summed E-state index contributed by atoms with van der Waals surface area (Å²) >= 11 is 0. The third kappa shape index (κ3) is 1.60. The molecule has 1 heterocycles. The van der Waals surface area contributed by atoms with Crippen molar-refractivity contribution >= 4 is 6.09 Å². The van der Waals surface area contributed by atoms with Crippen LogP contribution in [0.5, 0.6) is 0 Å². The minimum absolute atomic E-state index is 0.0197. The Morgan fingerprint density at radius 3 is 2.70 bits per heavy atom. The van der Waals surface area contributed by atoms with Crippen molar-refractivity contribution in [2.45, 2.75) is 13.0 Å². The third-order valence-corrected chi connectivity index (χ3v) is 1.72. The Morgan fingerprint density at radius 1 is 1.80 bits per heavy atom. The maximum Gasteiger partial charge on any atom is 0.404 e. The Labute approximate surface area is 59.2 Å². The number of nitrogens with one attached hydrogen (secondary N) is 1. The lowest BCUT2D eigenvalue weighted by atomic mass is 10.0. The second-order valence-corrected chi connectivity index (χ2v) is 2.54. The molecule has 1 fully saturated rings. The van der Waals surface area contributed by atoms with E-state index in [0.29, 0.717) is 19.1 Å². The monoisotopic (exact) mass is 145 g/mol. The van der Waals surface area contributed by atoms with Gasteiger partial charge in [-0.25, -0.2) is 4.79 Å². The van der Waals surface area contributed by atoms with Crippen LogP contribution in [0.25, 0.3) is 0 Å². The molecule has 58 valence electrons. The van der Waals surface area contributed by atoms with E-state index < -0.39 is 6.09 Å². The zero-order valence-electron chi connectivity index (χ0n) is 5.83. The smallest absolute Gasteiger partial charge is 0.404 e. The van der Waals surface area contributed by atoms with Gasteiger partial charge >= 0.3 is 6.09 Å². The average molecular weight is 145 g/mol. The van der Waals surface area contributed by atoms with Crippen LogP contribution in [0.3, 0.4) is 0 Å². The lowest BCUT2D eigenvalue weighted by Gasteiger charge is -2.31. The fourth-order valence-corrected chi connectivity index (χ4v) is 0.855. The SMILES string of the molecule is CC(NC(=O)O)C1COC1. The number of rotatable bonds is 2. The second-order valence-electron chi connectivity index (χ2n) is 2.54. The minimum Gasteiger partial charge on any atom is -0.465 e. The van der Waals surface area contributed by atoms with Crippen LogP contribution < -0.4 is 5.32 Å². The van der Waals surface area contributed by atoms with Crippen LogP contribution in [0.4, 0.5) is 4.79 Å². The van der Waals surface area contributed by atoms with Crippen LogP contribution in [-0.4, -0.2) is 30.5 Å². The number of hydrogen-bond donors (Lipinski definition) is 2. The van der Waals surface area contributed by atoms with Crippen LogP contribution in [-0.2, 0) is 4.74 Å². The summed E-state index contributed by atoms with van der Waals surface area (Å²) in [4.78, 5) is 10.1. The fraction of sp³-hybridized carbons (Fsp3) is 0.833. The number of carboxylic acid groups (broad SMARTS) is 1. The first-order valence-electron chi connectivity index (χ1n) is 3.27. The topological polar surface area (TPSA) is 58.6 Å². The highest BCUT2D eigenvalue weighted by Gasteiger charge is 2.25. The van der Waals surface area contributed by atoms with E-state index in [-0.39, 0.29) is 6.04 Å². The van der Waals surface area contributed by atoms with Gasteiger partial charge in [0.15, 0.2) is 0 Å². The van der Waals surface area contributed by atoms with E-state index in [9.17, 15) is 4.79 Å². The number of carbonyl (C=O) groups is 1. The van der Waals surface area contributed by atoms with Crippen molar-refractivity contribution in [3.05, 3.63) is 0 Å². The molecule has 1 aliphatic rings. The predicted octanol–water partition coefficient (Wildman–Crippen LogP) is 0.289. The first-order chi connectivity index (χ1) is 4.70. The first-order valence-corrected chi connectivity index (χ1v) is 3.27. The molecule has 1 unspecified atom stereocenters. The molecular formula is C6H11NO3. The van der Waals surface area contributed by atoms with Crippen molar-refractivity contribution in [3.8, 4) is 0 Å².